The van der Waals surface area contributed by atoms with Crippen LogP contribution in [0.25, 0.3) is 11.1 Å². The molecule has 0 aromatic heterocycles. The van der Waals surface area contributed by atoms with Crippen LogP contribution in [-0.2, 0) is 4.74 Å². The molecule has 0 bridgehead atoms. The number of hydrogen-bond acceptors (Lipinski definition) is 3. The van der Waals surface area contributed by atoms with Gasteiger partial charge >= 0.3 is 11.9 Å². The highest BCUT2D eigenvalue weighted by molar-refractivity contribution is 6.16. The molecular weight excluding hydrogens is 240 g/mol. The van der Waals surface area contributed by atoms with Crippen molar-refractivity contribution in [2.45, 2.75) is 0 Å². The molecule has 0 amide bonds. The molecule has 1 heterocycles. The van der Waals surface area contributed by atoms with Gasteiger partial charge in [0.2, 0.25) is 0 Å². The van der Waals surface area contributed by atoms with Gasteiger partial charge in [0.05, 0.1) is 11.1 Å². The summed E-state index contributed by atoms with van der Waals surface area (Å²) in [7, 11) is 0. The van der Waals surface area contributed by atoms with Crippen molar-refractivity contribution in [3.8, 4) is 23.5 Å². The first-order valence-corrected chi connectivity index (χ1v) is 5.68. The molecule has 0 atom stereocenters. The van der Waals surface area contributed by atoms with Gasteiger partial charge in [0, 0.05) is 5.56 Å². The van der Waals surface area contributed by atoms with Crippen LogP contribution in [0.5, 0.6) is 0 Å². The molecule has 3 heteroatoms. The average molecular weight is 248 g/mol. The molecule has 1 aliphatic rings. The number of terminal acetylenes is 1. The SMILES string of the molecule is C#Cc1c(-c2ccccc2)ccc2c1C(=O)OC2=O. The highest BCUT2D eigenvalue weighted by atomic mass is 16.6. The number of benzene rings is 2. The van der Waals surface area contributed by atoms with E-state index in [1.165, 1.54) is 0 Å². The van der Waals surface area contributed by atoms with E-state index in [2.05, 4.69) is 10.7 Å². The highest BCUT2D eigenvalue weighted by Gasteiger charge is 2.33. The topological polar surface area (TPSA) is 43.4 Å². The first kappa shape index (κ1) is 11.2. The van der Waals surface area contributed by atoms with E-state index in [0.29, 0.717) is 5.56 Å². The van der Waals surface area contributed by atoms with Crippen LogP contribution in [-0.4, -0.2) is 11.9 Å². The van der Waals surface area contributed by atoms with Gasteiger partial charge in [0.15, 0.2) is 0 Å². The van der Waals surface area contributed by atoms with E-state index in [4.69, 9.17) is 6.42 Å². The standard InChI is InChI=1S/C16H8O3/c1-2-11-12(10-6-4-3-5-7-10)8-9-13-14(11)16(18)19-15(13)17/h1,3-9H. The van der Waals surface area contributed by atoms with Gasteiger partial charge in [-0.15, -0.1) is 6.42 Å². The molecule has 90 valence electrons. The van der Waals surface area contributed by atoms with E-state index in [0.717, 1.165) is 11.1 Å². The molecule has 0 fully saturated rings. The van der Waals surface area contributed by atoms with E-state index < -0.39 is 11.9 Å². The van der Waals surface area contributed by atoms with Gasteiger partial charge in [-0.1, -0.05) is 42.3 Å². The number of fused-ring (bicyclic) bond motifs is 1. The Hall–Kier alpha value is -2.86. The van der Waals surface area contributed by atoms with Crippen LogP contribution in [0.4, 0.5) is 0 Å². The largest absolute Gasteiger partial charge is 0.386 e. The van der Waals surface area contributed by atoms with E-state index >= 15 is 0 Å². The highest BCUT2D eigenvalue weighted by Crippen LogP contribution is 2.31. The summed E-state index contributed by atoms with van der Waals surface area (Å²) in [6.45, 7) is 0. The lowest BCUT2D eigenvalue weighted by atomic mass is 9.93. The fourth-order valence-electron chi connectivity index (χ4n) is 2.18. The Morgan fingerprint density at radius 2 is 1.58 bits per heavy atom. The molecule has 3 nitrogen and oxygen atoms in total. The van der Waals surface area contributed by atoms with Crippen molar-refractivity contribution in [3.05, 3.63) is 59.2 Å². The fraction of sp³-hybridized carbons (Fsp3) is 0. The van der Waals surface area contributed by atoms with Crippen molar-refractivity contribution in [3.63, 3.8) is 0 Å². The number of carbonyl (C=O) groups excluding carboxylic acids is 2. The van der Waals surface area contributed by atoms with E-state index in [1.54, 1.807) is 12.1 Å². The van der Waals surface area contributed by atoms with Crippen molar-refractivity contribution < 1.29 is 14.3 Å². The maximum atomic E-state index is 11.7. The van der Waals surface area contributed by atoms with Crippen LogP contribution in [0.2, 0.25) is 0 Å². The summed E-state index contributed by atoms with van der Waals surface area (Å²) in [4.78, 5) is 23.2. The van der Waals surface area contributed by atoms with Crippen molar-refractivity contribution in [2.75, 3.05) is 0 Å². The van der Waals surface area contributed by atoms with Crippen LogP contribution in [0.3, 0.4) is 0 Å². The van der Waals surface area contributed by atoms with Gasteiger partial charge in [-0.05, 0) is 17.2 Å². The summed E-state index contributed by atoms with van der Waals surface area (Å²) in [5.41, 5.74) is 2.46. The second-order valence-corrected chi connectivity index (χ2v) is 4.10. The summed E-state index contributed by atoms with van der Waals surface area (Å²) >= 11 is 0. The zero-order valence-corrected chi connectivity index (χ0v) is 9.84. The van der Waals surface area contributed by atoms with Gasteiger partial charge in [-0.2, -0.15) is 0 Å². The first-order chi connectivity index (χ1) is 9.22. The number of ether oxygens (including phenoxy) is 1. The molecule has 2 aromatic carbocycles. The smallest absolute Gasteiger partial charge is 0.348 e. The summed E-state index contributed by atoms with van der Waals surface area (Å²) in [6, 6.07) is 12.8. The van der Waals surface area contributed by atoms with Gasteiger partial charge in [0.25, 0.3) is 0 Å². The zero-order valence-electron chi connectivity index (χ0n) is 9.84. The Kier molecular flexibility index (Phi) is 2.43. The van der Waals surface area contributed by atoms with Crippen molar-refractivity contribution in [1.82, 2.24) is 0 Å². The minimum atomic E-state index is -0.675. The molecule has 0 saturated carbocycles. The molecule has 0 spiro atoms. The second kappa shape index (κ2) is 4.11. The van der Waals surface area contributed by atoms with Crippen molar-refractivity contribution >= 4 is 11.9 Å². The summed E-state index contributed by atoms with van der Waals surface area (Å²) in [5.74, 6) is 1.17. The quantitative estimate of drug-likeness (QED) is 0.442. The van der Waals surface area contributed by atoms with E-state index in [9.17, 15) is 9.59 Å². The first-order valence-electron chi connectivity index (χ1n) is 5.68. The molecule has 3 rings (SSSR count). The third kappa shape index (κ3) is 1.62. The molecule has 0 aliphatic carbocycles. The van der Waals surface area contributed by atoms with Crippen LogP contribution < -0.4 is 0 Å². The lowest BCUT2D eigenvalue weighted by Crippen LogP contribution is -2.00. The number of carbonyl (C=O) groups is 2. The van der Waals surface area contributed by atoms with Crippen LogP contribution in [0.1, 0.15) is 26.3 Å². The third-order valence-electron chi connectivity index (χ3n) is 3.04. The monoisotopic (exact) mass is 248 g/mol. The predicted octanol–water partition coefficient (Wildman–Crippen LogP) is 2.65. The fourth-order valence-corrected chi connectivity index (χ4v) is 2.18. The Labute approximate surface area is 109 Å². The molecule has 0 saturated heterocycles. The predicted molar refractivity (Wildman–Crippen MR) is 69.6 cm³/mol. The second-order valence-electron chi connectivity index (χ2n) is 4.10. The van der Waals surface area contributed by atoms with Gasteiger partial charge < -0.3 is 4.74 Å². The number of cyclic esters (lactones) is 2. The Bertz CT molecular complexity index is 737. The lowest BCUT2D eigenvalue weighted by Gasteiger charge is -2.07. The minimum Gasteiger partial charge on any atom is -0.386 e. The third-order valence-corrected chi connectivity index (χ3v) is 3.04. The Morgan fingerprint density at radius 3 is 2.26 bits per heavy atom. The normalized spacial score (nSPS) is 12.8. The summed E-state index contributed by atoms with van der Waals surface area (Å²) in [6.07, 6.45) is 5.50. The van der Waals surface area contributed by atoms with Gasteiger partial charge in [-0.25, -0.2) is 9.59 Å². The zero-order chi connectivity index (χ0) is 13.4. The molecule has 0 N–H and O–H groups in total. The average Bonchev–Trinajstić information content (AvgIpc) is 2.74. The number of hydrogen-bond donors (Lipinski definition) is 0. The molecule has 19 heavy (non-hydrogen) atoms. The molecule has 0 unspecified atom stereocenters. The summed E-state index contributed by atoms with van der Waals surface area (Å²) < 4.78 is 4.59. The van der Waals surface area contributed by atoms with Gasteiger partial charge in [0.1, 0.15) is 0 Å². The number of esters is 2. The maximum absolute atomic E-state index is 11.7. The maximum Gasteiger partial charge on any atom is 0.348 e. The Balaban J connectivity index is 2.31. The minimum absolute atomic E-state index is 0.189. The lowest BCUT2D eigenvalue weighted by molar-refractivity contribution is 0.0443. The van der Waals surface area contributed by atoms with Crippen LogP contribution >= 0.6 is 0 Å². The molecule has 2 aromatic rings. The van der Waals surface area contributed by atoms with Crippen LogP contribution in [0.15, 0.2) is 42.5 Å². The van der Waals surface area contributed by atoms with Crippen molar-refractivity contribution in [1.29, 1.82) is 0 Å². The Morgan fingerprint density at radius 1 is 0.895 bits per heavy atom. The van der Waals surface area contributed by atoms with Crippen molar-refractivity contribution in [2.24, 2.45) is 0 Å². The summed E-state index contributed by atoms with van der Waals surface area (Å²) in [5, 5.41) is 0. The van der Waals surface area contributed by atoms with E-state index in [1.807, 2.05) is 30.3 Å². The van der Waals surface area contributed by atoms with Crippen LogP contribution in [0, 0.1) is 12.3 Å². The number of rotatable bonds is 1. The van der Waals surface area contributed by atoms with Gasteiger partial charge in [-0.3, -0.25) is 0 Å². The molecular formula is C16H8O3. The molecule has 0 radical (unpaired) electrons. The molecule has 1 aliphatic heterocycles. The van der Waals surface area contributed by atoms with E-state index in [-0.39, 0.29) is 11.1 Å².